The summed E-state index contributed by atoms with van der Waals surface area (Å²) in [5.74, 6) is -0.837. The second-order valence-electron chi connectivity index (χ2n) is 7.97. The van der Waals surface area contributed by atoms with Gasteiger partial charge in [0.05, 0.1) is 10.7 Å². The third-order valence-corrected chi connectivity index (χ3v) is 5.87. The second-order valence-corrected chi connectivity index (χ2v) is 8.37. The van der Waals surface area contributed by atoms with E-state index in [0.29, 0.717) is 13.1 Å². The van der Waals surface area contributed by atoms with Gasteiger partial charge in [0, 0.05) is 38.3 Å². The first kappa shape index (κ1) is 25.3. The van der Waals surface area contributed by atoms with Crippen molar-refractivity contribution in [3.63, 3.8) is 0 Å². The third kappa shape index (κ3) is 6.06. The van der Waals surface area contributed by atoms with E-state index >= 15 is 0 Å². The minimum absolute atomic E-state index is 0.162. The van der Waals surface area contributed by atoms with E-state index in [0.717, 1.165) is 16.3 Å². The van der Waals surface area contributed by atoms with Gasteiger partial charge in [0.1, 0.15) is 0 Å². The van der Waals surface area contributed by atoms with Crippen molar-refractivity contribution in [2.75, 3.05) is 32.8 Å². The highest BCUT2D eigenvalue weighted by Gasteiger charge is 2.36. The standard InChI is InChI=1S/C25H22ClF3N4O3/c26-19-8-4-5-9-20(19)33-24(16-21(30-33)25(27,28)29)36-17-23(35)32-14-12-31(13-15-32)22(34)11-10-18-6-2-1-3-7-18/h1-11,16H,12-15,17H2/b11-10+. The summed E-state index contributed by atoms with van der Waals surface area (Å²) in [5, 5.41) is 3.75. The second kappa shape index (κ2) is 10.9. The van der Waals surface area contributed by atoms with Crippen molar-refractivity contribution in [1.82, 2.24) is 19.6 Å². The van der Waals surface area contributed by atoms with Gasteiger partial charge in [-0.05, 0) is 23.8 Å². The van der Waals surface area contributed by atoms with Crippen LogP contribution in [0.25, 0.3) is 11.8 Å². The molecule has 0 spiro atoms. The summed E-state index contributed by atoms with van der Waals surface area (Å²) < 4.78 is 46.2. The summed E-state index contributed by atoms with van der Waals surface area (Å²) in [5.41, 5.74) is -0.0742. The number of para-hydroxylation sites is 1. The van der Waals surface area contributed by atoms with Crippen molar-refractivity contribution in [3.05, 3.63) is 83.0 Å². The Kier molecular flexibility index (Phi) is 7.64. The largest absolute Gasteiger partial charge is 0.467 e. The van der Waals surface area contributed by atoms with Crippen molar-refractivity contribution in [3.8, 4) is 11.6 Å². The zero-order valence-electron chi connectivity index (χ0n) is 19.0. The molecule has 1 saturated heterocycles. The topological polar surface area (TPSA) is 67.7 Å². The van der Waals surface area contributed by atoms with Gasteiger partial charge < -0.3 is 14.5 Å². The fourth-order valence-corrected chi connectivity index (χ4v) is 3.86. The summed E-state index contributed by atoms with van der Waals surface area (Å²) in [4.78, 5) is 28.3. The Hall–Kier alpha value is -3.79. The lowest BCUT2D eigenvalue weighted by molar-refractivity contribution is -0.141. The summed E-state index contributed by atoms with van der Waals surface area (Å²) in [6.07, 6.45) is -1.48. The number of piperazine rings is 1. The number of carbonyl (C=O) groups is 2. The quantitative estimate of drug-likeness (QED) is 0.456. The zero-order chi connectivity index (χ0) is 25.7. The maximum absolute atomic E-state index is 13.3. The number of hydrogen-bond donors (Lipinski definition) is 0. The molecule has 2 heterocycles. The summed E-state index contributed by atoms with van der Waals surface area (Å²) in [7, 11) is 0. The first-order valence-corrected chi connectivity index (χ1v) is 11.4. The Labute approximate surface area is 210 Å². The molecular formula is C25H22ClF3N4O3. The number of alkyl halides is 3. The predicted octanol–water partition coefficient (Wildman–Crippen LogP) is 4.31. The van der Waals surface area contributed by atoms with Crippen molar-refractivity contribution in [2.45, 2.75) is 6.18 Å². The Balaban J connectivity index is 1.36. The van der Waals surface area contributed by atoms with Crippen LogP contribution in [0.4, 0.5) is 13.2 Å². The van der Waals surface area contributed by atoms with Gasteiger partial charge in [-0.1, -0.05) is 54.1 Å². The molecule has 2 amide bonds. The van der Waals surface area contributed by atoms with Gasteiger partial charge in [-0.25, -0.2) is 0 Å². The van der Waals surface area contributed by atoms with E-state index in [1.165, 1.54) is 23.1 Å². The Morgan fingerprint density at radius 2 is 1.61 bits per heavy atom. The number of nitrogens with zero attached hydrogens (tertiary/aromatic N) is 4. The van der Waals surface area contributed by atoms with Crippen LogP contribution in [0.15, 0.2) is 66.7 Å². The molecule has 3 aromatic rings. The van der Waals surface area contributed by atoms with Gasteiger partial charge in [0.2, 0.25) is 11.8 Å². The van der Waals surface area contributed by atoms with Crippen LogP contribution in [0.1, 0.15) is 11.3 Å². The highest BCUT2D eigenvalue weighted by Crippen LogP contribution is 2.33. The molecule has 0 bridgehead atoms. The molecule has 0 unspecified atom stereocenters. The van der Waals surface area contributed by atoms with E-state index in [1.807, 2.05) is 30.3 Å². The fourth-order valence-electron chi connectivity index (χ4n) is 3.64. The SMILES string of the molecule is O=C(/C=C/c1ccccc1)N1CCN(C(=O)COc2cc(C(F)(F)F)nn2-c2ccccc2Cl)CC1. The van der Waals surface area contributed by atoms with Gasteiger partial charge in [-0.15, -0.1) is 0 Å². The lowest BCUT2D eigenvalue weighted by Gasteiger charge is -2.34. The van der Waals surface area contributed by atoms with Crippen molar-refractivity contribution < 1.29 is 27.5 Å². The van der Waals surface area contributed by atoms with Crippen LogP contribution in [0.3, 0.4) is 0 Å². The van der Waals surface area contributed by atoms with Crippen LogP contribution in [0.2, 0.25) is 5.02 Å². The van der Waals surface area contributed by atoms with Crippen molar-refractivity contribution in [2.24, 2.45) is 0 Å². The zero-order valence-corrected chi connectivity index (χ0v) is 19.7. The third-order valence-electron chi connectivity index (χ3n) is 5.55. The lowest BCUT2D eigenvalue weighted by atomic mass is 10.2. The first-order chi connectivity index (χ1) is 17.2. The lowest BCUT2D eigenvalue weighted by Crippen LogP contribution is -2.51. The number of rotatable bonds is 6. The summed E-state index contributed by atoms with van der Waals surface area (Å²) in [6, 6.07) is 16.4. The van der Waals surface area contributed by atoms with Crippen LogP contribution in [0, 0.1) is 0 Å². The van der Waals surface area contributed by atoms with Gasteiger partial charge >= 0.3 is 6.18 Å². The van der Waals surface area contributed by atoms with E-state index in [9.17, 15) is 22.8 Å². The number of aromatic nitrogens is 2. The number of benzene rings is 2. The molecule has 36 heavy (non-hydrogen) atoms. The number of hydrogen-bond acceptors (Lipinski definition) is 4. The Morgan fingerprint density at radius 3 is 2.28 bits per heavy atom. The van der Waals surface area contributed by atoms with Crippen LogP contribution >= 0.6 is 11.6 Å². The molecule has 0 radical (unpaired) electrons. The monoisotopic (exact) mass is 518 g/mol. The average molecular weight is 519 g/mol. The minimum atomic E-state index is -4.70. The van der Waals surface area contributed by atoms with Crippen LogP contribution in [0.5, 0.6) is 5.88 Å². The van der Waals surface area contributed by atoms with E-state index in [2.05, 4.69) is 5.10 Å². The molecule has 1 aliphatic rings. The number of amides is 2. The molecule has 1 aliphatic heterocycles. The van der Waals surface area contributed by atoms with E-state index in [4.69, 9.17) is 16.3 Å². The van der Waals surface area contributed by atoms with Crippen molar-refractivity contribution in [1.29, 1.82) is 0 Å². The molecule has 4 rings (SSSR count). The van der Waals surface area contributed by atoms with E-state index < -0.39 is 24.4 Å². The van der Waals surface area contributed by atoms with E-state index in [1.54, 1.807) is 23.1 Å². The maximum Gasteiger partial charge on any atom is 0.435 e. The molecular weight excluding hydrogens is 497 g/mol. The van der Waals surface area contributed by atoms with Crippen LogP contribution in [-0.4, -0.2) is 64.2 Å². The number of halogens is 4. The van der Waals surface area contributed by atoms with Crippen molar-refractivity contribution >= 4 is 29.5 Å². The maximum atomic E-state index is 13.3. The molecule has 7 nitrogen and oxygen atoms in total. The normalized spacial score (nSPS) is 14.3. The Morgan fingerprint density at radius 1 is 0.972 bits per heavy atom. The summed E-state index contributed by atoms with van der Waals surface area (Å²) >= 11 is 6.13. The van der Waals surface area contributed by atoms with Gasteiger partial charge in [0.25, 0.3) is 5.91 Å². The fraction of sp³-hybridized carbons (Fsp3) is 0.240. The molecule has 0 aliphatic carbocycles. The average Bonchev–Trinajstić information content (AvgIpc) is 3.31. The molecule has 1 aromatic heterocycles. The molecule has 0 N–H and O–H groups in total. The molecule has 2 aromatic carbocycles. The molecule has 0 atom stereocenters. The highest BCUT2D eigenvalue weighted by molar-refractivity contribution is 6.32. The van der Waals surface area contributed by atoms with E-state index in [-0.39, 0.29) is 35.6 Å². The summed E-state index contributed by atoms with van der Waals surface area (Å²) in [6.45, 7) is 0.740. The molecule has 188 valence electrons. The minimum Gasteiger partial charge on any atom is -0.467 e. The first-order valence-electron chi connectivity index (χ1n) is 11.1. The predicted molar refractivity (Wildman–Crippen MR) is 128 cm³/mol. The van der Waals surface area contributed by atoms with Gasteiger partial charge in [-0.2, -0.15) is 23.0 Å². The molecule has 0 saturated carbocycles. The number of ether oxygens (including phenoxy) is 1. The smallest absolute Gasteiger partial charge is 0.435 e. The van der Waals surface area contributed by atoms with Crippen LogP contribution in [-0.2, 0) is 15.8 Å². The van der Waals surface area contributed by atoms with Crippen LogP contribution < -0.4 is 4.74 Å². The number of carbonyl (C=O) groups excluding carboxylic acids is 2. The molecule has 11 heteroatoms. The molecule has 1 fully saturated rings. The van der Waals surface area contributed by atoms with Gasteiger partial charge in [0.15, 0.2) is 12.3 Å². The highest BCUT2D eigenvalue weighted by atomic mass is 35.5. The van der Waals surface area contributed by atoms with Gasteiger partial charge in [-0.3, -0.25) is 9.59 Å². The Bertz CT molecular complexity index is 1250.